The maximum atomic E-state index is 5.43. The van der Waals surface area contributed by atoms with Gasteiger partial charge in [-0.15, -0.1) is 0 Å². The number of methoxy groups -OCH3 is 2. The predicted octanol–water partition coefficient (Wildman–Crippen LogP) is 1.74. The van der Waals surface area contributed by atoms with Crippen molar-refractivity contribution in [3.8, 4) is 11.5 Å². The molecule has 0 saturated carbocycles. The Labute approximate surface area is 175 Å². The van der Waals surface area contributed by atoms with E-state index in [-0.39, 0.29) is 0 Å². The molecule has 2 heterocycles. The number of aliphatic imine (C=N–C) groups is 1. The standard InChI is InChI=1S/C22H37N5O2/c1-23-22(24-15-19-6-5-9-25(2)16-19)27-12-10-26(11-13-27)17-18-7-8-20(28-3)21(14-18)29-4/h7-8,14,19H,5-6,9-13,15-17H2,1-4H3,(H,23,24). The Morgan fingerprint density at radius 1 is 1.10 bits per heavy atom. The third-order valence-electron chi connectivity index (χ3n) is 6.01. The first-order valence-corrected chi connectivity index (χ1v) is 10.7. The van der Waals surface area contributed by atoms with Crippen LogP contribution in [-0.4, -0.2) is 94.8 Å². The molecule has 1 aromatic carbocycles. The highest BCUT2D eigenvalue weighted by Crippen LogP contribution is 2.28. The minimum Gasteiger partial charge on any atom is -0.493 e. The van der Waals surface area contributed by atoms with E-state index in [4.69, 9.17) is 9.47 Å². The van der Waals surface area contributed by atoms with Crippen LogP contribution in [0.25, 0.3) is 0 Å². The molecule has 0 bridgehead atoms. The summed E-state index contributed by atoms with van der Waals surface area (Å²) in [6.45, 7) is 8.41. The van der Waals surface area contributed by atoms with Crippen molar-refractivity contribution in [1.82, 2.24) is 20.0 Å². The third kappa shape index (κ3) is 6.00. The summed E-state index contributed by atoms with van der Waals surface area (Å²) in [6.07, 6.45) is 2.61. The molecule has 1 unspecified atom stereocenters. The molecule has 2 saturated heterocycles. The summed E-state index contributed by atoms with van der Waals surface area (Å²) in [5, 5.41) is 3.62. The molecule has 0 amide bonds. The second-order valence-electron chi connectivity index (χ2n) is 8.15. The zero-order chi connectivity index (χ0) is 20.6. The van der Waals surface area contributed by atoms with E-state index < -0.39 is 0 Å². The monoisotopic (exact) mass is 403 g/mol. The van der Waals surface area contributed by atoms with Gasteiger partial charge in [-0.25, -0.2) is 0 Å². The number of ether oxygens (including phenoxy) is 2. The Morgan fingerprint density at radius 3 is 2.52 bits per heavy atom. The van der Waals surface area contributed by atoms with E-state index in [1.165, 1.54) is 31.5 Å². The molecule has 0 aromatic heterocycles. The molecule has 1 atom stereocenters. The molecule has 29 heavy (non-hydrogen) atoms. The third-order valence-corrected chi connectivity index (χ3v) is 6.01. The SMILES string of the molecule is CN=C(NCC1CCCN(C)C1)N1CCN(Cc2ccc(OC)c(OC)c2)CC1. The van der Waals surface area contributed by atoms with Crippen LogP contribution in [0, 0.1) is 5.92 Å². The van der Waals surface area contributed by atoms with Crippen molar-refractivity contribution in [1.29, 1.82) is 0 Å². The molecule has 2 aliphatic heterocycles. The number of nitrogens with zero attached hydrogens (tertiary/aromatic N) is 4. The first kappa shape index (κ1) is 21.7. The van der Waals surface area contributed by atoms with Gasteiger partial charge in [0.25, 0.3) is 0 Å². The zero-order valence-electron chi connectivity index (χ0n) is 18.5. The summed E-state index contributed by atoms with van der Waals surface area (Å²) in [6, 6.07) is 6.18. The number of nitrogens with one attached hydrogen (secondary N) is 1. The van der Waals surface area contributed by atoms with Crippen molar-refractivity contribution in [2.24, 2.45) is 10.9 Å². The largest absolute Gasteiger partial charge is 0.493 e. The summed E-state index contributed by atoms with van der Waals surface area (Å²) in [7, 11) is 7.47. The molecule has 7 heteroatoms. The summed E-state index contributed by atoms with van der Waals surface area (Å²) in [4.78, 5) is 11.8. The fourth-order valence-corrected chi connectivity index (χ4v) is 4.36. The average molecular weight is 404 g/mol. The van der Waals surface area contributed by atoms with Crippen molar-refractivity contribution >= 4 is 5.96 Å². The fourth-order valence-electron chi connectivity index (χ4n) is 4.36. The molecule has 1 aromatic rings. The lowest BCUT2D eigenvalue weighted by molar-refractivity contribution is 0.170. The summed E-state index contributed by atoms with van der Waals surface area (Å²) in [5.74, 6) is 3.34. The smallest absolute Gasteiger partial charge is 0.193 e. The molecular weight excluding hydrogens is 366 g/mol. The molecule has 3 rings (SSSR count). The maximum Gasteiger partial charge on any atom is 0.193 e. The first-order valence-electron chi connectivity index (χ1n) is 10.7. The zero-order valence-corrected chi connectivity index (χ0v) is 18.5. The lowest BCUT2D eigenvalue weighted by Gasteiger charge is -2.37. The van der Waals surface area contributed by atoms with Crippen LogP contribution in [0.4, 0.5) is 0 Å². The van der Waals surface area contributed by atoms with Gasteiger partial charge in [-0.05, 0) is 50.0 Å². The second kappa shape index (κ2) is 10.7. The Bertz CT molecular complexity index is 673. The summed E-state index contributed by atoms with van der Waals surface area (Å²) >= 11 is 0. The maximum absolute atomic E-state index is 5.43. The van der Waals surface area contributed by atoms with Gasteiger partial charge >= 0.3 is 0 Å². The molecule has 0 spiro atoms. The molecule has 162 valence electrons. The van der Waals surface area contributed by atoms with Gasteiger partial charge in [-0.1, -0.05) is 6.07 Å². The average Bonchev–Trinajstić information content (AvgIpc) is 2.75. The summed E-state index contributed by atoms with van der Waals surface area (Å²) < 4.78 is 10.8. The first-order chi connectivity index (χ1) is 14.1. The van der Waals surface area contributed by atoms with Crippen LogP contribution in [0.1, 0.15) is 18.4 Å². The van der Waals surface area contributed by atoms with Gasteiger partial charge in [-0.3, -0.25) is 9.89 Å². The van der Waals surface area contributed by atoms with Crippen molar-refractivity contribution in [3.05, 3.63) is 23.8 Å². The van der Waals surface area contributed by atoms with Crippen LogP contribution in [-0.2, 0) is 6.54 Å². The molecule has 0 radical (unpaired) electrons. The number of rotatable bonds is 6. The van der Waals surface area contributed by atoms with Crippen molar-refractivity contribution in [3.63, 3.8) is 0 Å². The Morgan fingerprint density at radius 2 is 1.86 bits per heavy atom. The Hall–Kier alpha value is -1.99. The van der Waals surface area contributed by atoms with Crippen molar-refractivity contribution < 1.29 is 9.47 Å². The Kier molecular flexibility index (Phi) is 8.00. The Balaban J connectivity index is 1.46. The van der Waals surface area contributed by atoms with Crippen molar-refractivity contribution in [2.45, 2.75) is 19.4 Å². The lowest BCUT2D eigenvalue weighted by Crippen LogP contribution is -2.53. The summed E-state index contributed by atoms with van der Waals surface area (Å²) in [5.41, 5.74) is 1.25. The highest BCUT2D eigenvalue weighted by Gasteiger charge is 2.22. The van der Waals surface area contributed by atoms with Gasteiger partial charge in [0.15, 0.2) is 17.5 Å². The van der Waals surface area contributed by atoms with Gasteiger partial charge in [0.1, 0.15) is 0 Å². The van der Waals surface area contributed by atoms with Crippen LogP contribution in [0.15, 0.2) is 23.2 Å². The van der Waals surface area contributed by atoms with Crippen molar-refractivity contribution in [2.75, 3.05) is 74.1 Å². The van der Waals surface area contributed by atoms with Gasteiger partial charge < -0.3 is 24.6 Å². The van der Waals surface area contributed by atoms with Crippen LogP contribution in [0.2, 0.25) is 0 Å². The fraction of sp³-hybridized carbons (Fsp3) is 0.682. The highest BCUT2D eigenvalue weighted by molar-refractivity contribution is 5.80. The molecule has 7 nitrogen and oxygen atoms in total. The van der Waals surface area contributed by atoms with E-state index in [0.717, 1.165) is 62.6 Å². The van der Waals surface area contributed by atoms with E-state index in [9.17, 15) is 0 Å². The van der Waals surface area contributed by atoms with E-state index in [0.29, 0.717) is 0 Å². The van der Waals surface area contributed by atoms with Gasteiger partial charge in [0, 0.05) is 52.9 Å². The predicted molar refractivity (Wildman–Crippen MR) is 118 cm³/mol. The van der Waals surface area contributed by atoms with E-state index in [2.05, 4.69) is 44.2 Å². The minimum atomic E-state index is 0.719. The molecule has 2 fully saturated rings. The van der Waals surface area contributed by atoms with E-state index in [1.54, 1.807) is 14.2 Å². The molecule has 2 aliphatic rings. The van der Waals surface area contributed by atoms with E-state index >= 15 is 0 Å². The number of hydrogen-bond donors (Lipinski definition) is 1. The van der Waals surface area contributed by atoms with Crippen LogP contribution < -0.4 is 14.8 Å². The number of piperidine rings is 1. The topological polar surface area (TPSA) is 52.6 Å². The van der Waals surface area contributed by atoms with Gasteiger partial charge in [0.05, 0.1) is 14.2 Å². The number of piperazine rings is 1. The van der Waals surface area contributed by atoms with Gasteiger partial charge in [0.2, 0.25) is 0 Å². The van der Waals surface area contributed by atoms with Crippen LogP contribution in [0.5, 0.6) is 11.5 Å². The number of likely N-dealkylation sites (tertiary alicyclic amines) is 1. The molecule has 1 N–H and O–H groups in total. The number of guanidine groups is 1. The van der Waals surface area contributed by atoms with Crippen LogP contribution >= 0.6 is 0 Å². The molecular formula is C22H37N5O2. The number of benzene rings is 1. The van der Waals surface area contributed by atoms with Crippen LogP contribution in [0.3, 0.4) is 0 Å². The molecule has 0 aliphatic carbocycles. The normalized spacial score (nSPS) is 21.9. The lowest BCUT2D eigenvalue weighted by atomic mass is 9.98. The quantitative estimate of drug-likeness (QED) is 0.577. The number of hydrogen-bond acceptors (Lipinski definition) is 5. The second-order valence-corrected chi connectivity index (χ2v) is 8.15. The highest BCUT2D eigenvalue weighted by atomic mass is 16.5. The minimum absolute atomic E-state index is 0.719. The van der Waals surface area contributed by atoms with Gasteiger partial charge in [-0.2, -0.15) is 0 Å². The van der Waals surface area contributed by atoms with E-state index in [1.807, 2.05) is 13.1 Å².